The summed E-state index contributed by atoms with van der Waals surface area (Å²) in [7, 11) is 0. The van der Waals surface area contributed by atoms with Crippen molar-refractivity contribution in [2.24, 2.45) is 0 Å². The molecule has 19 aromatic rings. The summed E-state index contributed by atoms with van der Waals surface area (Å²) >= 11 is 0. The molecule has 0 fully saturated rings. The number of aryl methyl sites for hydroxylation is 8. The van der Waals surface area contributed by atoms with Gasteiger partial charge in [0.15, 0.2) is 0 Å². The SMILES string of the molecule is CCCCc1ccc(N(c2ccc(/C=C/C=C/c3ccccc3)cc2)c2ccc(/C=C/C=C/c3ccccc3)cc2)cc1.CCc1cccc(C)c1N(c1ccc(/C=C/c2ccccc2)cc1)c1ccc(-c2ccc(N(c3ccc(/C=C/c4ccccc4)cc3)c3c(C)cccc3CC)cc2)cc1.Cc1cccc(/C=C/c2ccc(N(c3ccc(/C=C/c4cccc(C)c4)cc3)c3ccc(/C=C/c4cccc(C)c4)cc3)cc2)c1. The first-order chi connectivity index (χ1) is 73.2. The lowest BCUT2D eigenvalue weighted by Crippen LogP contribution is -2.13. The molecule has 0 N–H and O–H groups in total. The lowest BCUT2D eigenvalue weighted by atomic mass is 10.0. The van der Waals surface area contributed by atoms with Crippen LogP contribution in [0.15, 0.2) is 497 Å². The van der Waals surface area contributed by atoms with E-state index in [4.69, 9.17) is 0 Å². The molecular formula is C145H130N4. The molecular weight excluding hydrogens is 1800 g/mol. The molecule has 0 aliphatic rings. The van der Waals surface area contributed by atoms with Gasteiger partial charge in [-0.3, -0.25) is 0 Å². The van der Waals surface area contributed by atoms with Crippen LogP contribution in [0, 0.1) is 34.6 Å². The van der Waals surface area contributed by atoms with Crippen LogP contribution in [0.25, 0.3) is 96.2 Å². The maximum atomic E-state index is 2.42. The molecule has 0 atom stereocenters. The Balaban J connectivity index is 0.000000155. The normalized spacial score (nSPS) is 11.5. The fourth-order valence-electron chi connectivity index (χ4n) is 18.5. The van der Waals surface area contributed by atoms with Crippen molar-refractivity contribution in [3.8, 4) is 11.1 Å². The summed E-state index contributed by atoms with van der Waals surface area (Å²) in [6, 6.07) is 169. The molecule has 0 aromatic heterocycles. The molecule has 0 aliphatic heterocycles. The largest absolute Gasteiger partial charge is 0.311 e. The summed E-state index contributed by atoms with van der Waals surface area (Å²) in [5.74, 6) is 0. The first kappa shape index (κ1) is 102. The predicted octanol–water partition coefficient (Wildman–Crippen LogP) is 40.9. The Morgan fingerprint density at radius 3 is 0.617 bits per heavy atom. The maximum Gasteiger partial charge on any atom is 0.0522 e. The van der Waals surface area contributed by atoms with Crippen molar-refractivity contribution in [1.82, 2.24) is 0 Å². The van der Waals surface area contributed by atoms with Crippen LogP contribution in [0.3, 0.4) is 0 Å². The highest BCUT2D eigenvalue weighted by atomic mass is 15.2. The minimum atomic E-state index is 0.949. The van der Waals surface area contributed by atoms with E-state index in [1.165, 1.54) is 158 Å². The van der Waals surface area contributed by atoms with Gasteiger partial charge in [0.2, 0.25) is 0 Å². The molecule has 19 rings (SSSR count). The molecule has 730 valence electrons. The molecule has 19 aromatic carbocycles. The van der Waals surface area contributed by atoms with E-state index in [9.17, 15) is 0 Å². The molecule has 0 radical (unpaired) electrons. The number of nitrogens with zero attached hydrogens (tertiary/aromatic N) is 4. The average molecular weight is 1930 g/mol. The third kappa shape index (κ3) is 29.0. The summed E-state index contributed by atoms with van der Waals surface area (Å²) in [4.78, 5) is 9.48. The molecule has 4 nitrogen and oxygen atoms in total. The number of benzene rings is 19. The van der Waals surface area contributed by atoms with Gasteiger partial charge in [-0.25, -0.2) is 0 Å². The Morgan fingerprint density at radius 1 is 0.174 bits per heavy atom. The van der Waals surface area contributed by atoms with E-state index in [0.29, 0.717) is 0 Å². The van der Waals surface area contributed by atoms with Crippen LogP contribution >= 0.6 is 0 Å². The molecule has 149 heavy (non-hydrogen) atoms. The van der Waals surface area contributed by atoms with Gasteiger partial charge < -0.3 is 19.6 Å². The number of hydrogen-bond donors (Lipinski definition) is 0. The molecule has 0 bridgehead atoms. The fourth-order valence-corrected chi connectivity index (χ4v) is 18.5. The number of allylic oxidation sites excluding steroid dienone is 4. The van der Waals surface area contributed by atoms with Crippen LogP contribution in [0.2, 0.25) is 0 Å². The fraction of sp³-hybridized carbons (Fsp3) is 0.0897. The van der Waals surface area contributed by atoms with E-state index in [2.05, 4.69) is 645 Å². The van der Waals surface area contributed by atoms with Crippen molar-refractivity contribution >= 4 is 153 Å². The summed E-state index contributed by atoms with van der Waals surface area (Å²) in [5.41, 5.74) is 43.0. The smallest absolute Gasteiger partial charge is 0.0522 e. The second-order valence-corrected chi connectivity index (χ2v) is 37.7. The molecule has 0 heterocycles. The summed E-state index contributed by atoms with van der Waals surface area (Å²) in [6.07, 6.45) is 44.1. The Hall–Kier alpha value is -18.0. The minimum Gasteiger partial charge on any atom is -0.311 e. The second-order valence-electron chi connectivity index (χ2n) is 37.7. The number of rotatable bonds is 34. The van der Waals surface area contributed by atoms with Gasteiger partial charge in [0.05, 0.1) is 11.4 Å². The lowest BCUT2D eigenvalue weighted by Gasteiger charge is -2.30. The maximum absolute atomic E-state index is 2.42. The Labute approximate surface area is 885 Å². The van der Waals surface area contributed by atoms with Crippen molar-refractivity contribution in [3.63, 3.8) is 0 Å². The van der Waals surface area contributed by atoms with Gasteiger partial charge in [0.1, 0.15) is 0 Å². The van der Waals surface area contributed by atoms with Gasteiger partial charge in [0.25, 0.3) is 0 Å². The zero-order valence-electron chi connectivity index (χ0n) is 86.8. The van der Waals surface area contributed by atoms with Gasteiger partial charge in [0, 0.05) is 56.9 Å². The quantitative estimate of drug-likeness (QED) is 0.0294. The standard InChI is InChI=1S/C58H52N2.C45H39N.C42H39N/c1-5-49-21-13-15-43(3)57(49)59(53-35-27-47(28-36-53)25-23-45-17-9-7-10-18-45)55-39-31-51(32-40-55)52-33-41-56(42-34-52)60(58-44(4)16-14-22-50(58)6-2)54-37-29-48(30-38-54)26-24-46-19-11-8-12-20-46;1-34-7-4-10-40(31-34)16-13-37-19-25-43(26-20-37)46(44-27-21-38(22-28-44)14-17-41-11-5-8-35(2)32-41)45-29-23-39(24-30-45)15-18-42-12-6-9-36(3)33-42;1-2-3-14-37-23-29-40(30-24-37)43(41-31-25-38(26-32-41)21-12-10-19-35-15-6-4-7-16-35)42-33-27-39(28-34-42)22-13-11-20-36-17-8-5-9-18-36/h7-42H,5-6H2,1-4H3;4-33H,1-3H3;4-13,15-34H,2-3,14H2,1H3/b25-23+,26-24+;16-13+,17-14+,18-15+;19-10+,20-11+,21-12+,22-13+. The van der Waals surface area contributed by atoms with Crippen molar-refractivity contribution in [3.05, 3.63) is 620 Å². The van der Waals surface area contributed by atoms with E-state index in [1.807, 2.05) is 12.1 Å². The van der Waals surface area contributed by atoms with Crippen LogP contribution in [0.5, 0.6) is 0 Å². The van der Waals surface area contributed by atoms with E-state index in [-0.39, 0.29) is 0 Å². The molecule has 0 spiro atoms. The van der Waals surface area contributed by atoms with Gasteiger partial charge in [-0.05, 0) is 298 Å². The molecule has 4 heteroatoms. The highest BCUT2D eigenvalue weighted by molar-refractivity contribution is 5.88. The van der Waals surface area contributed by atoms with E-state index >= 15 is 0 Å². The highest BCUT2D eigenvalue weighted by Crippen LogP contribution is 2.45. The molecule has 0 unspecified atom stereocenters. The van der Waals surface area contributed by atoms with Crippen molar-refractivity contribution in [1.29, 1.82) is 0 Å². The van der Waals surface area contributed by atoms with Crippen LogP contribution in [-0.2, 0) is 19.3 Å². The Morgan fingerprint density at radius 2 is 0.376 bits per heavy atom. The third-order valence-electron chi connectivity index (χ3n) is 26.6. The first-order valence-electron chi connectivity index (χ1n) is 52.1. The van der Waals surface area contributed by atoms with E-state index < -0.39 is 0 Å². The summed E-state index contributed by atoms with van der Waals surface area (Å²) in [6.45, 7) is 17.5. The van der Waals surface area contributed by atoms with Gasteiger partial charge in [-0.2, -0.15) is 0 Å². The average Bonchev–Trinajstić information content (AvgIpc) is 0.783. The van der Waals surface area contributed by atoms with E-state index in [1.54, 1.807) is 0 Å². The Kier molecular flexibility index (Phi) is 36.1. The Bertz CT molecular complexity index is 7260. The van der Waals surface area contributed by atoms with Crippen LogP contribution in [-0.4, -0.2) is 0 Å². The second kappa shape index (κ2) is 52.5. The van der Waals surface area contributed by atoms with Crippen LogP contribution < -0.4 is 19.6 Å². The lowest BCUT2D eigenvalue weighted by molar-refractivity contribution is 0.795. The molecule has 0 saturated carbocycles. The summed E-state index contributed by atoms with van der Waals surface area (Å²) in [5, 5.41) is 0. The molecule has 0 aliphatic carbocycles. The molecule has 0 amide bonds. The zero-order chi connectivity index (χ0) is 103. The number of anilines is 12. The van der Waals surface area contributed by atoms with Crippen LogP contribution in [0.1, 0.15) is 156 Å². The zero-order valence-corrected chi connectivity index (χ0v) is 86.8. The van der Waals surface area contributed by atoms with Gasteiger partial charge in [-0.15, -0.1) is 0 Å². The number of hydrogen-bond acceptors (Lipinski definition) is 4. The van der Waals surface area contributed by atoms with E-state index in [0.717, 1.165) is 76.1 Å². The van der Waals surface area contributed by atoms with Gasteiger partial charge in [-0.1, -0.05) is 505 Å². The predicted molar refractivity (Wildman–Crippen MR) is 650 cm³/mol. The minimum absolute atomic E-state index is 0.949. The highest BCUT2D eigenvalue weighted by Gasteiger charge is 2.23. The number of para-hydroxylation sites is 2. The monoisotopic (exact) mass is 1930 g/mol. The summed E-state index contributed by atoms with van der Waals surface area (Å²) < 4.78 is 0. The van der Waals surface area contributed by atoms with Crippen molar-refractivity contribution in [2.45, 2.75) is 87.5 Å². The molecule has 0 saturated heterocycles. The topological polar surface area (TPSA) is 13.0 Å². The van der Waals surface area contributed by atoms with Crippen molar-refractivity contribution < 1.29 is 0 Å². The number of unbranched alkanes of at least 4 members (excludes halogenated alkanes) is 1. The van der Waals surface area contributed by atoms with Crippen LogP contribution in [0.4, 0.5) is 68.2 Å². The van der Waals surface area contributed by atoms with Gasteiger partial charge >= 0.3 is 0 Å². The third-order valence-corrected chi connectivity index (χ3v) is 26.6. The van der Waals surface area contributed by atoms with Crippen molar-refractivity contribution in [2.75, 3.05) is 19.6 Å². The first-order valence-corrected chi connectivity index (χ1v) is 52.1.